The van der Waals surface area contributed by atoms with Crippen LogP contribution in [0, 0.1) is 30.9 Å². The largest absolute Gasteiger partial charge is 0.478 e. The Bertz CT molecular complexity index is 1770. The van der Waals surface area contributed by atoms with E-state index in [-0.39, 0.29) is 35.8 Å². The van der Waals surface area contributed by atoms with Gasteiger partial charge in [0, 0.05) is 55.4 Å². The van der Waals surface area contributed by atoms with Gasteiger partial charge in [0.05, 0.1) is 17.9 Å². The van der Waals surface area contributed by atoms with Crippen LogP contribution in [0.5, 0.6) is 5.75 Å². The molecule has 0 aliphatic carbocycles. The van der Waals surface area contributed by atoms with Gasteiger partial charge < -0.3 is 25.2 Å². The SMILES string of the molecule is C#CCOc1ccc(-c2cnc3c(Nc4ccc(C(=O)N5CCN(C(=O)[C@@H]6CCCN6)CC5)c(C)c4)nccn23)c(F)c1F. The van der Waals surface area contributed by atoms with E-state index >= 15 is 0 Å². The molecule has 2 saturated heterocycles. The van der Waals surface area contributed by atoms with Crippen molar-refractivity contribution in [1.29, 1.82) is 0 Å². The van der Waals surface area contributed by atoms with Gasteiger partial charge >= 0.3 is 0 Å². The Labute approximate surface area is 253 Å². The standard InChI is InChI=1S/C32H31F2N7O3/c1-3-17-44-26-9-8-23(27(33)28(26)34)25-19-37-30-29(36-11-12-41(25)30)38-21-6-7-22(20(2)18-21)31(42)39-13-15-40(16-14-39)32(43)24-5-4-10-35-24/h1,6-9,11-12,18-19,24,35H,4-5,10,13-17H2,2H3,(H,36,38)/t24-/m0/s1. The van der Waals surface area contributed by atoms with Crippen molar-refractivity contribution in [1.82, 2.24) is 29.5 Å². The van der Waals surface area contributed by atoms with Gasteiger partial charge in [-0.25, -0.2) is 14.4 Å². The fourth-order valence-electron chi connectivity index (χ4n) is 5.70. The van der Waals surface area contributed by atoms with Crippen molar-refractivity contribution in [2.24, 2.45) is 0 Å². The molecule has 2 amide bonds. The Balaban J connectivity index is 1.16. The van der Waals surface area contributed by atoms with Crippen LogP contribution in [0.25, 0.3) is 16.9 Å². The lowest BCUT2D eigenvalue weighted by Crippen LogP contribution is -2.54. The number of amides is 2. The van der Waals surface area contributed by atoms with Crippen LogP contribution in [0.3, 0.4) is 0 Å². The predicted molar refractivity (Wildman–Crippen MR) is 161 cm³/mol. The van der Waals surface area contributed by atoms with Crippen molar-refractivity contribution in [3.63, 3.8) is 0 Å². The van der Waals surface area contributed by atoms with E-state index < -0.39 is 11.6 Å². The normalized spacial score (nSPS) is 16.6. The number of hydrogen-bond acceptors (Lipinski definition) is 7. The van der Waals surface area contributed by atoms with Gasteiger partial charge in [-0.1, -0.05) is 5.92 Å². The van der Waals surface area contributed by atoms with Crippen molar-refractivity contribution in [3.8, 4) is 29.4 Å². The molecule has 2 aromatic carbocycles. The Morgan fingerprint density at radius 3 is 2.64 bits per heavy atom. The van der Waals surface area contributed by atoms with Crippen LogP contribution in [-0.4, -0.2) is 81.4 Å². The summed E-state index contributed by atoms with van der Waals surface area (Å²) in [5.41, 5.74) is 2.75. The summed E-state index contributed by atoms with van der Waals surface area (Å²) in [6.07, 6.45) is 11.6. The average molecular weight is 600 g/mol. The summed E-state index contributed by atoms with van der Waals surface area (Å²) in [7, 11) is 0. The number of fused-ring (bicyclic) bond motifs is 1. The number of ether oxygens (including phenoxy) is 1. The van der Waals surface area contributed by atoms with Crippen LogP contribution < -0.4 is 15.4 Å². The summed E-state index contributed by atoms with van der Waals surface area (Å²) in [5.74, 6) is 0.169. The highest BCUT2D eigenvalue weighted by Gasteiger charge is 2.31. The van der Waals surface area contributed by atoms with E-state index in [1.807, 2.05) is 17.9 Å². The third kappa shape index (κ3) is 5.54. The predicted octanol–water partition coefficient (Wildman–Crippen LogP) is 3.77. The van der Waals surface area contributed by atoms with Gasteiger partial charge in [-0.05, 0) is 62.2 Å². The lowest BCUT2D eigenvalue weighted by atomic mass is 10.1. The number of aryl methyl sites for hydroxylation is 1. The Hall–Kier alpha value is -5.02. The molecule has 4 heterocycles. The van der Waals surface area contributed by atoms with Crippen molar-refractivity contribution in [2.45, 2.75) is 25.8 Å². The minimum Gasteiger partial charge on any atom is -0.478 e. The maximum absolute atomic E-state index is 15.0. The fraction of sp³-hybridized carbons (Fsp3) is 0.312. The van der Waals surface area contributed by atoms with Crippen LogP contribution >= 0.6 is 0 Å². The molecular formula is C32H31F2N7O3. The molecular weight excluding hydrogens is 568 g/mol. The highest BCUT2D eigenvalue weighted by Crippen LogP contribution is 2.32. The monoisotopic (exact) mass is 599 g/mol. The summed E-state index contributed by atoms with van der Waals surface area (Å²) in [6, 6.07) is 8.01. The van der Waals surface area contributed by atoms with Gasteiger partial charge in [0.1, 0.15) is 6.61 Å². The molecule has 6 rings (SSSR count). The second kappa shape index (κ2) is 12.3. The number of terminal acetylenes is 1. The first kappa shape index (κ1) is 29.1. The van der Waals surface area contributed by atoms with Gasteiger partial charge in [-0.2, -0.15) is 4.39 Å². The average Bonchev–Trinajstić information content (AvgIpc) is 3.73. The van der Waals surface area contributed by atoms with E-state index in [2.05, 4.69) is 26.5 Å². The molecule has 0 unspecified atom stereocenters. The minimum absolute atomic E-state index is 0.000630. The van der Waals surface area contributed by atoms with Crippen LogP contribution in [0.1, 0.15) is 28.8 Å². The second-order valence-corrected chi connectivity index (χ2v) is 10.8. The third-order valence-electron chi connectivity index (χ3n) is 8.02. The molecule has 44 heavy (non-hydrogen) atoms. The molecule has 2 fully saturated rings. The molecule has 0 radical (unpaired) electrons. The quantitative estimate of drug-likeness (QED) is 0.312. The van der Waals surface area contributed by atoms with Crippen LogP contribution in [0.2, 0.25) is 0 Å². The van der Waals surface area contributed by atoms with Gasteiger partial charge in [0.15, 0.2) is 23.0 Å². The zero-order valence-corrected chi connectivity index (χ0v) is 24.1. The number of imidazole rings is 1. The lowest BCUT2D eigenvalue weighted by molar-refractivity contribution is -0.134. The Morgan fingerprint density at radius 1 is 1.11 bits per heavy atom. The maximum atomic E-state index is 15.0. The molecule has 2 aliphatic heterocycles. The van der Waals surface area contributed by atoms with Gasteiger partial charge in [-0.15, -0.1) is 6.42 Å². The number of hydrogen-bond donors (Lipinski definition) is 2. The highest BCUT2D eigenvalue weighted by molar-refractivity contribution is 5.96. The van der Waals surface area contributed by atoms with E-state index in [0.717, 1.165) is 24.9 Å². The van der Waals surface area contributed by atoms with Crippen LogP contribution in [-0.2, 0) is 4.79 Å². The molecule has 2 aromatic heterocycles. The van der Waals surface area contributed by atoms with Crippen LogP contribution in [0.15, 0.2) is 48.9 Å². The number of nitrogens with zero attached hydrogens (tertiary/aromatic N) is 5. The van der Waals surface area contributed by atoms with Crippen molar-refractivity contribution in [3.05, 3.63) is 71.7 Å². The Kier molecular flexibility index (Phi) is 8.13. The number of carbonyl (C=O) groups excluding carboxylic acids is 2. The zero-order valence-electron chi connectivity index (χ0n) is 24.1. The number of halogens is 2. The number of aromatic nitrogens is 3. The number of carbonyl (C=O) groups is 2. The van der Waals surface area contributed by atoms with E-state index in [1.165, 1.54) is 24.5 Å². The first-order valence-corrected chi connectivity index (χ1v) is 14.4. The molecule has 2 aliphatic rings. The molecule has 10 nitrogen and oxygen atoms in total. The minimum atomic E-state index is -1.14. The van der Waals surface area contributed by atoms with E-state index in [0.29, 0.717) is 54.6 Å². The number of anilines is 2. The fourth-order valence-corrected chi connectivity index (χ4v) is 5.70. The third-order valence-corrected chi connectivity index (χ3v) is 8.02. The molecule has 4 aromatic rings. The molecule has 2 N–H and O–H groups in total. The second-order valence-electron chi connectivity index (χ2n) is 10.8. The van der Waals surface area contributed by atoms with E-state index in [4.69, 9.17) is 11.2 Å². The summed E-state index contributed by atoms with van der Waals surface area (Å²) in [5, 5.41) is 6.47. The van der Waals surface area contributed by atoms with Gasteiger partial charge in [0.2, 0.25) is 11.7 Å². The van der Waals surface area contributed by atoms with Gasteiger partial charge in [0.25, 0.3) is 5.91 Å². The topological polar surface area (TPSA) is 104 Å². The van der Waals surface area contributed by atoms with Crippen molar-refractivity contribution < 1.29 is 23.1 Å². The molecule has 1 atom stereocenters. The molecule has 0 bridgehead atoms. The highest BCUT2D eigenvalue weighted by atomic mass is 19.2. The number of rotatable bonds is 7. The van der Waals surface area contributed by atoms with Crippen molar-refractivity contribution in [2.75, 3.05) is 44.6 Å². The molecule has 226 valence electrons. The number of benzene rings is 2. The number of nitrogens with one attached hydrogen (secondary N) is 2. The van der Waals surface area contributed by atoms with Gasteiger partial charge in [-0.3, -0.25) is 14.0 Å². The molecule has 0 spiro atoms. The molecule has 12 heteroatoms. The molecule has 0 saturated carbocycles. The Morgan fingerprint density at radius 2 is 1.91 bits per heavy atom. The number of piperazine rings is 1. The van der Waals surface area contributed by atoms with E-state index in [1.54, 1.807) is 27.6 Å². The summed E-state index contributed by atoms with van der Waals surface area (Å²) in [4.78, 5) is 38.5. The van der Waals surface area contributed by atoms with Crippen LogP contribution in [0.4, 0.5) is 20.3 Å². The maximum Gasteiger partial charge on any atom is 0.254 e. The summed E-state index contributed by atoms with van der Waals surface area (Å²) >= 11 is 0. The first-order chi connectivity index (χ1) is 21.4. The smallest absolute Gasteiger partial charge is 0.254 e. The van der Waals surface area contributed by atoms with E-state index in [9.17, 15) is 18.4 Å². The summed E-state index contributed by atoms with van der Waals surface area (Å²) in [6.45, 7) is 4.55. The van der Waals surface area contributed by atoms with Crippen molar-refractivity contribution >= 4 is 29.0 Å². The summed E-state index contributed by atoms with van der Waals surface area (Å²) < 4.78 is 36.3. The zero-order chi connectivity index (χ0) is 30.8. The lowest BCUT2D eigenvalue weighted by Gasteiger charge is -2.36. The first-order valence-electron chi connectivity index (χ1n) is 14.4.